The van der Waals surface area contributed by atoms with Crippen LogP contribution in [-0.2, 0) is 0 Å². The van der Waals surface area contributed by atoms with E-state index in [0.717, 1.165) is 3.57 Å². The molecule has 0 spiro atoms. The Balaban J connectivity index is 1.99. The number of carbonyl (C=O) groups is 2. The number of nitrogens with zero attached hydrogens (tertiary/aromatic N) is 1. The Morgan fingerprint density at radius 1 is 1.04 bits per heavy atom. The lowest BCUT2D eigenvalue weighted by Crippen LogP contribution is -2.34. The Bertz CT molecular complexity index is 776. The summed E-state index contributed by atoms with van der Waals surface area (Å²) in [5.41, 5.74) is 1.84. The smallest absolute Gasteiger partial charge is 0.258 e. The number of hydrogen-bond donors (Lipinski definition) is 2. The van der Waals surface area contributed by atoms with Gasteiger partial charge in [-0.25, -0.2) is 0 Å². The van der Waals surface area contributed by atoms with Crippen LogP contribution in [0.5, 0.6) is 0 Å². The maximum absolute atomic E-state index is 12.2. The molecule has 0 aromatic heterocycles. The zero-order valence-corrected chi connectivity index (χ0v) is 16.1. The molecule has 2 N–H and O–H groups in total. The molecule has 2 aromatic rings. The molecule has 0 bridgehead atoms. The van der Waals surface area contributed by atoms with Gasteiger partial charge in [0, 0.05) is 28.9 Å². The second-order valence-electron chi connectivity index (χ2n) is 5.17. The van der Waals surface area contributed by atoms with Gasteiger partial charge < -0.3 is 10.2 Å². The molecule has 5 nitrogen and oxygen atoms in total. The SMILES string of the molecule is CN(C)C(=O)c1ccc(NC(=S)NC(=O)c2ccccc2I)cc1. The van der Waals surface area contributed by atoms with Crippen molar-refractivity contribution in [1.82, 2.24) is 10.2 Å². The van der Waals surface area contributed by atoms with Gasteiger partial charge in [0.25, 0.3) is 11.8 Å². The van der Waals surface area contributed by atoms with Crippen molar-refractivity contribution in [1.29, 1.82) is 0 Å². The lowest BCUT2D eigenvalue weighted by atomic mass is 10.2. The fraction of sp³-hybridized carbons (Fsp3) is 0.118. The van der Waals surface area contributed by atoms with Gasteiger partial charge in [-0.15, -0.1) is 0 Å². The van der Waals surface area contributed by atoms with Crippen LogP contribution in [-0.4, -0.2) is 35.9 Å². The number of rotatable bonds is 3. The van der Waals surface area contributed by atoms with Crippen molar-refractivity contribution in [3.63, 3.8) is 0 Å². The number of benzene rings is 2. The molecule has 0 saturated heterocycles. The number of anilines is 1. The molecule has 124 valence electrons. The third kappa shape index (κ3) is 4.75. The Morgan fingerprint density at radius 2 is 1.67 bits per heavy atom. The summed E-state index contributed by atoms with van der Waals surface area (Å²) in [5, 5.41) is 5.77. The highest BCUT2D eigenvalue weighted by Crippen LogP contribution is 2.12. The van der Waals surface area contributed by atoms with Gasteiger partial charge in [-0.3, -0.25) is 14.9 Å². The molecular weight excluding hydrogens is 437 g/mol. The first-order chi connectivity index (χ1) is 11.4. The highest BCUT2D eigenvalue weighted by Gasteiger charge is 2.11. The number of hydrogen-bond acceptors (Lipinski definition) is 3. The molecule has 0 aliphatic rings. The molecule has 0 aliphatic heterocycles. The van der Waals surface area contributed by atoms with Gasteiger partial charge in [0.1, 0.15) is 0 Å². The summed E-state index contributed by atoms with van der Waals surface area (Å²) in [6.07, 6.45) is 0. The summed E-state index contributed by atoms with van der Waals surface area (Å²) in [6, 6.07) is 14.1. The summed E-state index contributed by atoms with van der Waals surface area (Å²) >= 11 is 7.26. The molecular formula is C17H16IN3O2S. The minimum atomic E-state index is -0.267. The van der Waals surface area contributed by atoms with Gasteiger partial charge >= 0.3 is 0 Å². The molecule has 24 heavy (non-hydrogen) atoms. The van der Waals surface area contributed by atoms with E-state index in [4.69, 9.17) is 12.2 Å². The molecule has 2 aromatic carbocycles. The van der Waals surface area contributed by atoms with Crippen LogP contribution in [0.4, 0.5) is 5.69 Å². The van der Waals surface area contributed by atoms with Crippen molar-refractivity contribution in [3.05, 3.63) is 63.2 Å². The second kappa shape index (κ2) is 8.20. The van der Waals surface area contributed by atoms with E-state index in [1.165, 1.54) is 4.90 Å². The van der Waals surface area contributed by atoms with Crippen LogP contribution in [0.25, 0.3) is 0 Å². The minimum Gasteiger partial charge on any atom is -0.345 e. The van der Waals surface area contributed by atoms with E-state index in [0.29, 0.717) is 16.8 Å². The van der Waals surface area contributed by atoms with Gasteiger partial charge in [0.15, 0.2) is 5.11 Å². The maximum atomic E-state index is 12.2. The highest BCUT2D eigenvalue weighted by atomic mass is 127. The highest BCUT2D eigenvalue weighted by molar-refractivity contribution is 14.1. The monoisotopic (exact) mass is 453 g/mol. The number of halogens is 1. The van der Waals surface area contributed by atoms with Crippen molar-refractivity contribution in [2.24, 2.45) is 0 Å². The molecule has 0 atom stereocenters. The molecule has 0 unspecified atom stereocenters. The van der Waals surface area contributed by atoms with E-state index in [1.54, 1.807) is 50.5 Å². The van der Waals surface area contributed by atoms with Gasteiger partial charge in [-0.1, -0.05) is 12.1 Å². The van der Waals surface area contributed by atoms with Crippen molar-refractivity contribution in [2.75, 3.05) is 19.4 Å². The first-order valence-electron chi connectivity index (χ1n) is 7.07. The van der Waals surface area contributed by atoms with Gasteiger partial charge in [0.05, 0.1) is 5.56 Å². The normalized spacial score (nSPS) is 9.96. The number of thiocarbonyl (C=S) groups is 1. The first-order valence-corrected chi connectivity index (χ1v) is 8.56. The number of carbonyl (C=O) groups excluding carboxylic acids is 2. The van der Waals surface area contributed by atoms with E-state index in [2.05, 4.69) is 33.2 Å². The quantitative estimate of drug-likeness (QED) is 0.554. The molecule has 0 fully saturated rings. The molecule has 0 aliphatic carbocycles. The average Bonchev–Trinajstić information content (AvgIpc) is 2.55. The van der Waals surface area contributed by atoms with Gasteiger partial charge in [-0.05, 0) is 71.2 Å². The summed E-state index contributed by atoms with van der Waals surface area (Å²) in [7, 11) is 3.40. The predicted octanol–water partition coefficient (Wildman–Crippen LogP) is 3.12. The van der Waals surface area contributed by atoms with E-state index < -0.39 is 0 Å². The van der Waals surface area contributed by atoms with Crippen molar-refractivity contribution in [2.45, 2.75) is 0 Å². The Labute approximate surface area is 159 Å². The van der Waals surface area contributed by atoms with E-state index in [1.807, 2.05) is 12.1 Å². The minimum absolute atomic E-state index is 0.0731. The van der Waals surface area contributed by atoms with Crippen LogP contribution in [0.1, 0.15) is 20.7 Å². The van der Waals surface area contributed by atoms with E-state index in [9.17, 15) is 9.59 Å². The second-order valence-corrected chi connectivity index (χ2v) is 6.74. The summed E-state index contributed by atoms with van der Waals surface area (Å²) in [6.45, 7) is 0. The summed E-state index contributed by atoms with van der Waals surface area (Å²) < 4.78 is 0.849. The van der Waals surface area contributed by atoms with Crippen LogP contribution in [0.15, 0.2) is 48.5 Å². The third-order valence-corrected chi connectivity index (χ3v) is 4.29. The molecule has 2 rings (SSSR count). The topological polar surface area (TPSA) is 61.4 Å². The third-order valence-electron chi connectivity index (χ3n) is 3.14. The zero-order valence-electron chi connectivity index (χ0n) is 13.2. The lowest BCUT2D eigenvalue weighted by Gasteiger charge is -2.12. The van der Waals surface area contributed by atoms with Crippen molar-refractivity contribution >= 4 is 57.4 Å². The summed E-state index contributed by atoms with van der Waals surface area (Å²) in [5.74, 6) is -0.340. The summed E-state index contributed by atoms with van der Waals surface area (Å²) in [4.78, 5) is 25.5. The van der Waals surface area contributed by atoms with Crippen molar-refractivity contribution in [3.8, 4) is 0 Å². The van der Waals surface area contributed by atoms with Crippen LogP contribution in [0.2, 0.25) is 0 Å². The van der Waals surface area contributed by atoms with Crippen LogP contribution in [0, 0.1) is 3.57 Å². The number of amides is 2. The Kier molecular flexibility index (Phi) is 6.27. The lowest BCUT2D eigenvalue weighted by molar-refractivity contribution is 0.0827. The standard InChI is InChI=1S/C17H16IN3O2S/c1-21(2)16(23)11-7-9-12(10-8-11)19-17(24)20-15(22)13-5-3-4-6-14(13)18/h3-10H,1-2H3,(H2,19,20,22,24). The number of nitrogens with one attached hydrogen (secondary N) is 2. The van der Waals surface area contributed by atoms with Crippen LogP contribution >= 0.6 is 34.8 Å². The van der Waals surface area contributed by atoms with Gasteiger partial charge in [-0.2, -0.15) is 0 Å². The predicted molar refractivity (Wildman–Crippen MR) is 107 cm³/mol. The van der Waals surface area contributed by atoms with Crippen LogP contribution in [0.3, 0.4) is 0 Å². The average molecular weight is 453 g/mol. The Hall–Kier alpha value is -2.00. The fourth-order valence-electron chi connectivity index (χ4n) is 1.93. The van der Waals surface area contributed by atoms with E-state index in [-0.39, 0.29) is 16.9 Å². The molecule has 0 saturated carbocycles. The fourth-order valence-corrected chi connectivity index (χ4v) is 2.78. The molecule has 7 heteroatoms. The van der Waals surface area contributed by atoms with Crippen LogP contribution < -0.4 is 10.6 Å². The molecule has 0 heterocycles. The zero-order chi connectivity index (χ0) is 17.7. The van der Waals surface area contributed by atoms with Gasteiger partial charge in [0.2, 0.25) is 0 Å². The molecule has 2 amide bonds. The molecule has 0 radical (unpaired) electrons. The largest absolute Gasteiger partial charge is 0.345 e. The van der Waals surface area contributed by atoms with E-state index >= 15 is 0 Å². The first kappa shape index (κ1) is 18.3. The van der Waals surface area contributed by atoms with Crippen molar-refractivity contribution < 1.29 is 9.59 Å². The maximum Gasteiger partial charge on any atom is 0.258 e. The Morgan fingerprint density at radius 3 is 2.25 bits per heavy atom.